The van der Waals surface area contributed by atoms with Gasteiger partial charge in [-0.2, -0.15) is 0 Å². The van der Waals surface area contributed by atoms with Crippen molar-refractivity contribution in [1.29, 1.82) is 0 Å². The van der Waals surface area contributed by atoms with Crippen LogP contribution < -0.4 is 15.4 Å². The van der Waals surface area contributed by atoms with E-state index in [0.29, 0.717) is 18.7 Å². The predicted molar refractivity (Wildman–Crippen MR) is 97.9 cm³/mol. The van der Waals surface area contributed by atoms with Crippen LogP contribution >= 0.6 is 0 Å². The van der Waals surface area contributed by atoms with Crippen LogP contribution in [0.2, 0.25) is 0 Å². The lowest BCUT2D eigenvalue weighted by molar-refractivity contribution is 0.0954. The van der Waals surface area contributed by atoms with Gasteiger partial charge in [-0.25, -0.2) is 13.1 Å². The molecule has 0 aliphatic heterocycles. The fourth-order valence-electron chi connectivity index (χ4n) is 2.32. The van der Waals surface area contributed by atoms with Crippen LogP contribution in [0.15, 0.2) is 59.5 Å². The van der Waals surface area contributed by atoms with Crippen molar-refractivity contribution in [1.82, 2.24) is 15.4 Å². The Balaban J connectivity index is 2.14. The molecule has 2 rings (SSSR count). The highest BCUT2D eigenvalue weighted by Crippen LogP contribution is 2.17. The number of nitrogens with one attached hydrogen (secondary N) is 3. The number of likely N-dealkylation sites (N-methyl/N-ethyl adjacent to an activating group) is 1. The standard InChI is InChI=1S/C18H23N3O3S/c1-14(15-7-4-3-5-8-15)21-25(23,24)17-10-6-9-16(13-17)18(22)20-12-11-19-2/h3-10,13-14,19,21H,11-12H2,1-2H3,(H,20,22). The molecule has 2 aromatic carbocycles. The Morgan fingerprint density at radius 3 is 2.44 bits per heavy atom. The van der Waals surface area contributed by atoms with Gasteiger partial charge < -0.3 is 10.6 Å². The van der Waals surface area contributed by atoms with Gasteiger partial charge in [-0.05, 0) is 37.7 Å². The topological polar surface area (TPSA) is 87.3 Å². The molecule has 7 heteroatoms. The average Bonchev–Trinajstić information content (AvgIpc) is 2.62. The van der Waals surface area contributed by atoms with Crippen LogP contribution in [0, 0.1) is 0 Å². The van der Waals surface area contributed by atoms with Crippen molar-refractivity contribution in [2.24, 2.45) is 0 Å². The molecule has 6 nitrogen and oxygen atoms in total. The summed E-state index contributed by atoms with van der Waals surface area (Å²) in [5.41, 5.74) is 1.18. The Hall–Kier alpha value is -2.22. The molecular weight excluding hydrogens is 338 g/mol. The highest BCUT2D eigenvalue weighted by Gasteiger charge is 2.19. The van der Waals surface area contributed by atoms with E-state index < -0.39 is 10.0 Å². The number of carbonyl (C=O) groups excluding carboxylic acids is 1. The summed E-state index contributed by atoms with van der Waals surface area (Å²) < 4.78 is 27.8. The Morgan fingerprint density at radius 2 is 1.76 bits per heavy atom. The number of benzene rings is 2. The van der Waals surface area contributed by atoms with Crippen LogP contribution in [-0.4, -0.2) is 34.5 Å². The largest absolute Gasteiger partial charge is 0.351 e. The van der Waals surface area contributed by atoms with E-state index >= 15 is 0 Å². The van der Waals surface area contributed by atoms with Crippen LogP contribution in [0.3, 0.4) is 0 Å². The number of hydrogen-bond donors (Lipinski definition) is 3. The third-order valence-electron chi connectivity index (χ3n) is 3.70. The first-order valence-electron chi connectivity index (χ1n) is 8.04. The SMILES string of the molecule is CNCCNC(=O)c1cccc(S(=O)(=O)NC(C)c2ccccc2)c1. The second-order valence-electron chi connectivity index (χ2n) is 5.64. The van der Waals surface area contributed by atoms with Gasteiger partial charge in [-0.3, -0.25) is 4.79 Å². The zero-order valence-electron chi connectivity index (χ0n) is 14.3. The fourth-order valence-corrected chi connectivity index (χ4v) is 3.60. The first-order valence-corrected chi connectivity index (χ1v) is 9.52. The summed E-state index contributed by atoms with van der Waals surface area (Å²) in [4.78, 5) is 12.2. The van der Waals surface area contributed by atoms with Crippen molar-refractivity contribution in [2.75, 3.05) is 20.1 Å². The minimum Gasteiger partial charge on any atom is -0.351 e. The third kappa shape index (κ3) is 5.38. The van der Waals surface area contributed by atoms with Crippen molar-refractivity contribution in [3.8, 4) is 0 Å². The Labute approximate surface area is 148 Å². The van der Waals surface area contributed by atoms with E-state index in [0.717, 1.165) is 5.56 Å². The maximum atomic E-state index is 12.6. The van der Waals surface area contributed by atoms with Gasteiger partial charge in [0, 0.05) is 24.7 Å². The number of carbonyl (C=O) groups is 1. The molecule has 1 amide bonds. The first-order chi connectivity index (χ1) is 11.9. The van der Waals surface area contributed by atoms with Crippen LogP contribution in [0.5, 0.6) is 0 Å². The van der Waals surface area contributed by atoms with E-state index in [2.05, 4.69) is 15.4 Å². The lowest BCUT2D eigenvalue weighted by Crippen LogP contribution is -2.31. The molecule has 0 saturated heterocycles. The van der Waals surface area contributed by atoms with E-state index in [4.69, 9.17) is 0 Å². The molecule has 0 aliphatic rings. The normalized spacial score (nSPS) is 12.6. The lowest BCUT2D eigenvalue weighted by atomic mass is 10.1. The van der Waals surface area contributed by atoms with Crippen molar-refractivity contribution in [2.45, 2.75) is 17.9 Å². The van der Waals surface area contributed by atoms with E-state index in [1.165, 1.54) is 12.1 Å². The molecular formula is C18H23N3O3S. The minimum atomic E-state index is -3.73. The van der Waals surface area contributed by atoms with E-state index in [-0.39, 0.29) is 16.8 Å². The van der Waals surface area contributed by atoms with Gasteiger partial charge in [0.15, 0.2) is 0 Å². The summed E-state index contributed by atoms with van der Waals surface area (Å²) in [7, 11) is -1.94. The van der Waals surface area contributed by atoms with Gasteiger partial charge in [0.25, 0.3) is 5.91 Å². The zero-order chi connectivity index (χ0) is 18.3. The number of amides is 1. The summed E-state index contributed by atoms with van der Waals surface area (Å²) >= 11 is 0. The third-order valence-corrected chi connectivity index (χ3v) is 5.24. The smallest absolute Gasteiger partial charge is 0.251 e. The number of hydrogen-bond acceptors (Lipinski definition) is 4. The first kappa shape index (κ1) is 19.1. The molecule has 3 N–H and O–H groups in total. The van der Waals surface area contributed by atoms with Gasteiger partial charge in [-0.15, -0.1) is 0 Å². The molecule has 0 saturated carbocycles. The Kier molecular flexibility index (Phi) is 6.69. The van der Waals surface area contributed by atoms with Crippen LogP contribution in [-0.2, 0) is 10.0 Å². The van der Waals surface area contributed by atoms with Crippen molar-refractivity contribution in [3.63, 3.8) is 0 Å². The second-order valence-corrected chi connectivity index (χ2v) is 7.35. The summed E-state index contributed by atoms with van der Waals surface area (Å²) in [5.74, 6) is -0.302. The van der Waals surface area contributed by atoms with Gasteiger partial charge in [0.1, 0.15) is 0 Å². The highest BCUT2D eigenvalue weighted by atomic mass is 32.2. The number of rotatable bonds is 8. The van der Waals surface area contributed by atoms with Crippen LogP contribution in [0.25, 0.3) is 0 Å². The van der Waals surface area contributed by atoms with Gasteiger partial charge >= 0.3 is 0 Å². The summed E-state index contributed by atoms with van der Waals surface area (Å²) in [6.45, 7) is 2.89. The minimum absolute atomic E-state index is 0.0662. The zero-order valence-corrected chi connectivity index (χ0v) is 15.1. The predicted octanol–water partition coefficient (Wildman–Crippen LogP) is 1.68. The molecule has 0 spiro atoms. The van der Waals surface area contributed by atoms with Crippen LogP contribution in [0.1, 0.15) is 28.9 Å². The molecule has 0 fully saturated rings. The Bertz CT molecular complexity index is 807. The maximum Gasteiger partial charge on any atom is 0.251 e. The molecule has 1 atom stereocenters. The molecule has 25 heavy (non-hydrogen) atoms. The summed E-state index contributed by atoms with van der Waals surface area (Å²) in [5, 5.41) is 5.66. The van der Waals surface area contributed by atoms with Crippen LogP contribution in [0.4, 0.5) is 0 Å². The highest BCUT2D eigenvalue weighted by molar-refractivity contribution is 7.89. The molecule has 134 valence electrons. The monoisotopic (exact) mass is 361 g/mol. The summed E-state index contributed by atoms with van der Waals surface area (Å²) in [6.07, 6.45) is 0. The quantitative estimate of drug-likeness (QED) is 0.624. The van der Waals surface area contributed by atoms with E-state index in [1.807, 2.05) is 30.3 Å². The molecule has 0 heterocycles. The van der Waals surface area contributed by atoms with Gasteiger partial charge in [0.2, 0.25) is 10.0 Å². The van der Waals surface area contributed by atoms with Crippen molar-refractivity contribution >= 4 is 15.9 Å². The van der Waals surface area contributed by atoms with E-state index in [1.54, 1.807) is 26.1 Å². The van der Waals surface area contributed by atoms with Gasteiger partial charge in [-0.1, -0.05) is 36.4 Å². The molecule has 0 aromatic heterocycles. The average molecular weight is 361 g/mol. The maximum absolute atomic E-state index is 12.6. The molecule has 1 unspecified atom stereocenters. The molecule has 0 aliphatic carbocycles. The van der Waals surface area contributed by atoms with Gasteiger partial charge in [0.05, 0.1) is 4.90 Å². The molecule has 0 radical (unpaired) electrons. The lowest BCUT2D eigenvalue weighted by Gasteiger charge is -2.15. The Morgan fingerprint density at radius 1 is 1.04 bits per heavy atom. The van der Waals surface area contributed by atoms with Crippen molar-refractivity contribution < 1.29 is 13.2 Å². The second kappa shape index (κ2) is 8.75. The molecule has 2 aromatic rings. The van der Waals surface area contributed by atoms with E-state index in [9.17, 15) is 13.2 Å². The number of sulfonamides is 1. The summed E-state index contributed by atoms with van der Waals surface area (Å²) in [6, 6.07) is 15.0. The fraction of sp³-hybridized carbons (Fsp3) is 0.278. The molecule has 0 bridgehead atoms. The van der Waals surface area contributed by atoms with Crippen molar-refractivity contribution in [3.05, 3.63) is 65.7 Å².